The lowest BCUT2D eigenvalue weighted by molar-refractivity contribution is 1.12. The van der Waals surface area contributed by atoms with Crippen molar-refractivity contribution in [3.8, 4) is 0 Å². The van der Waals surface area contributed by atoms with Crippen molar-refractivity contribution in [3.05, 3.63) is 22.7 Å². The molecule has 1 aliphatic heterocycles. The van der Waals surface area contributed by atoms with Crippen molar-refractivity contribution in [2.75, 3.05) is 10.7 Å². The fourth-order valence-corrected chi connectivity index (χ4v) is 2.40. The fourth-order valence-electron chi connectivity index (χ4n) is 1.69. The summed E-state index contributed by atoms with van der Waals surface area (Å²) in [6.45, 7) is 0. The highest BCUT2D eigenvalue weighted by molar-refractivity contribution is 9.10. The van der Waals surface area contributed by atoms with E-state index in [0.29, 0.717) is 5.11 Å². The summed E-state index contributed by atoms with van der Waals surface area (Å²) in [6, 6.07) is 6.01. The van der Waals surface area contributed by atoms with Crippen LogP contribution in [0, 0.1) is 0 Å². The molecule has 0 bridgehead atoms. The minimum Gasteiger partial charge on any atom is -0.339 e. The van der Waals surface area contributed by atoms with Gasteiger partial charge in [-0.15, -0.1) is 0 Å². The Morgan fingerprint density at radius 2 is 2.07 bits per heavy atom. The number of thiocarbonyl (C=S) groups is 1. The molecule has 0 atom stereocenters. The minimum atomic E-state index is 0.560. The molecule has 6 heteroatoms. The van der Waals surface area contributed by atoms with Gasteiger partial charge < -0.3 is 10.3 Å². The van der Waals surface area contributed by atoms with Crippen LogP contribution in [0.15, 0.2) is 22.7 Å². The average molecular weight is 283 g/mol. The number of halogens is 1. The Labute approximate surface area is 99.5 Å². The zero-order chi connectivity index (χ0) is 10.4. The largest absolute Gasteiger partial charge is 0.339 e. The number of fused-ring (bicyclic) bond motifs is 3. The first-order chi connectivity index (χ1) is 7.25. The first-order valence-corrected chi connectivity index (χ1v) is 5.59. The number of H-pyrrole nitrogens is 1. The van der Waals surface area contributed by atoms with Gasteiger partial charge in [0.1, 0.15) is 11.5 Å². The van der Waals surface area contributed by atoms with E-state index in [0.717, 1.165) is 26.9 Å². The molecule has 15 heavy (non-hydrogen) atoms. The van der Waals surface area contributed by atoms with E-state index in [1.165, 1.54) is 0 Å². The molecule has 0 unspecified atom stereocenters. The Morgan fingerprint density at radius 3 is 2.93 bits per heavy atom. The number of aromatic nitrogens is 1. The summed E-state index contributed by atoms with van der Waals surface area (Å²) in [5.41, 5.74) is 7.97. The Hall–Kier alpha value is -1.27. The molecule has 2 heterocycles. The standard InChI is InChI=1S/C9H7BrN4S/c10-4-2-1-3-5-6(4)7-8(11-5)12-9(15)14-13-7/h1-3,11,13H,(H2,12,14,15). The van der Waals surface area contributed by atoms with Crippen molar-refractivity contribution < 1.29 is 0 Å². The predicted molar refractivity (Wildman–Crippen MR) is 69.0 cm³/mol. The van der Waals surface area contributed by atoms with Crippen molar-refractivity contribution >= 4 is 55.7 Å². The summed E-state index contributed by atoms with van der Waals surface area (Å²) in [7, 11) is 0. The highest BCUT2D eigenvalue weighted by atomic mass is 79.9. The van der Waals surface area contributed by atoms with Crippen LogP contribution in [0.1, 0.15) is 0 Å². The molecule has 0 amide bonds. The van der Waals surface area contributed by atoms with Gasteiger partial charge >= 0.3 is 0 Å². The smallest absolute Gasteiger partial charge is 0.190 e. The molecule has 1 aromatic carbocycles. The van der Waals surface area contributed by atoms with Gasteiger partial charge in [-0.3, -0.25) is 10.9 Å². The van der Waals surface area contributed by atoms with Gasteiger partial charge in [0.05, 0.1) is 5.52 Å². The summed E-state index contributed by atoms with van der Waals surface area (Å²) in [6.07, 6.45) is 0. The fraction of sp³-hybridized carbons (Fsp3) is 0. The van der Waals surface area contributed by atoms with E-state index < -0.39 is 0 Å². The van der Waals surface area contributed by atoms with Gasteiger partial charge in [-0.1, -0.05) is 22.0 Å². The maximum Gasteiger partial charge on any atom is 0.190 e. The summed E-state index contributed by atoms with van der Waals surface area (Å²) >= 11 is 8.52. The van der Waals surface area contributed by atoms with Crippen molar-refractivity contribution in [1.82, 2.24) is 10.4 Å². The third-order valence-corrected chi connectivity index (χ3v) is 3.18. The Bertz CT molecular complexity index is 562. The molecule has 1 aliphatic rings. The van der Waals surface area contributed by atoms with E-state index in [4.69, 9.17) is 12.2 Å². The Balaban J connectivity index is 2.33. The molecule has 0 saturated carbocycles. The highest BCUT2D eigenvalue weighted by Crippen LogP contribution is 2.37. The van der Waals surface area contributed by atoms with Crippen LogP contribution in [-0.2, 0) is 0 Å². The summed E-state index contributed by atoms with van der Waals surface area (Å²) in [5.74, 6) is 0.889. The van der Waals surface area contributed by atoms with Crippen molar-refractivity contribution in [3.63, 3.8) is 0 Å². The zero-order valence-corrected chi connectivity index (χ0v) is 9.92. The molecular weight excluding hydrogens is 276 g/mol. The SMILES string of the molecule is S=C1NNc2c([nH]c3cccc(Br)c23)N1. The molecule has 2 aromatic rings. The maximum absolute atomic E-state index is 5.00. The topological polar surface area (TPSA) is 51.9 Å². The predicted octanol–water partition coefficient (Wildman–Crippen LogP) is 2.56. The van der Waals surface area contributed by atoms with Gasteiger partial charge in [0, 0.05) is 9.86 Å². The Morgan fingerprint density at radius 1 is 1.20 bits per heavy atom. The quantitative estimate of drug-likeness (QED) is 0.561. The van der Waals surface area contributed by atoms with Crippen LogP contribution < -0.4 is 16.2 Å². The number of anilines is 2. The highest BCUT2D eigenvalue weighted by Gasteiger charge is 2.18. The number of hydrogen-bond acceptors (Lipinski definition) is 2. The van der Waals surface area contributed by atoms with Crippen LogP contribution in [0.4, 0.5) is 11.5 Å². The van der Waals surface area contributed by atoms with Crippen LogP contribution in [0.3, 0.4) is 0 Å². The molecule has 3 rings (SSSR count). The molecule has 4 N–H and O–H groups in total. The molecular formula is C9H7BrN4S. The Kier molecular flexibility index (Phi) is 1.86. The summed E-state index contributed by atoms with van der Waals surface area (Å²) < 4.78 is 1.04. The first-order valence-electron chi connectivity index (χ1n) is 4.39. The van der Waals surface area contributed by atoms with Gasteiger partial charge in [-0.2, -0.15) is 0 Å². The lowest BCUT2D eigenvalue weighted by Gasteiger charge is -2.18. The summed E-state index contributed by atoms with van der Waals surface area (Å²) in [4.78, 5) is 3.26. The lowest BCUT2D eigenvalue weighted by atomic mass is 10.2. The molecule has 4 nitrogen and oxygen atoms in total. The van der Waals surface area contributed by atoms with E-state index in [1.807, 2.05) is 18.2 Å². The van der Waals surface area contributed by atoms with Crippen molar-refractivity contribution in [2.24, 2.45) is 0 Å². The molecule has 1 aromatic heterocycles. The van der Waals surface area contributed by atoms with E-state index in [2.05, 4.69) is 37.1 Å². The van der Waals surface area contributed by atoms with E-state index in [1.54, 1.807) is 0 Å². The van der Waals surface area contributed by atoms with E-state index >= 15 is 0 Å². The van der Waals surface area contributed by atoms with Crippen LogP contribution in [0.5, 0.6) is 0 Å². The van der Waals surface area contributed by atoms with Gasteiger partial charge in [0.2, 0.25) is 0 Å². The zero-order valence-electron chi connectivity index (χ0n) is 7.52. The second kappa shape index (κ2) is 3.11. The van der Waals surface area contributed by atoms with Gasteiger partial charge in [0.25, 0.3) is 0 Å². The number of nitrogens with one attached hydrogen (secondary N) is 4. The molecule has 0 spiro atoms. The molecule has 0 saturated heterocycles. The van der Waals surface area contributed by atoms with E-state index in [-0.39, 0.29) is 0 Å². The van der Waals surface area contributed by atoms with E-state index in [9.17, 15) is 0 Å². The van der Waals surface area contributed by atoms with Crippen LogP contribution in [0.2, 0.25) is 0 Å². The average Bonchev–Trinajstić information content (AvgIpc) is 2.56. The van der Waals surface area contributed by atoms with Crippen molar-refractivity contribution in [1.29, 1.82) is 0 Å². The third kappa shape index (κ3) is 1.29. The number of hydrogen-bond donors (Lipinski definition) is 4. The van der Waals surface area contributed by atoms with Crippen LogP contribution >= 0.6 is 28.1 Å². The number of rotatable bonds is 0. The number of aromatic amines is 1. The van der Waals surface area contributed by atoms with Crippen LogP contribution in [-0.4, -0.2) is 10.1 Å². The number of hydrazine groups is 1. The molecule has 0 aliphatic carbocycles. The molecule has 76 valence electrons. The van der Waals surface area contributed by atoms with Crippen molar-refractivity contribution in [2.45, 2.75) is 0 Å². The van der Waals surface area contributed by atoms with Gasteiger partial charge in [-0.25, -0.2) is 0 Å². The second-order valence-corrected chi connectivity index (χ2v) is 4.50. The monoisotopic (exact) mass is 282 g/mol. The van der Waals surface area contributed by atoms with Crippen LogP contribution in [0.25, 0.3) is 10.9 Å². The minimum absolute atomic E-state index is 0.560. The lowest BCUT2D eigenvalue weighted by Crippen LogP contribution is -2.37. The first kappa shape index (κ1) is 8.99. The molecule has 0 radical (unpaired) electrons. The van der Waals surface area contributed by atoms with Gasteiger partial charge in [-0.05, 0) is 24.4 Å². The third-order valence-electron chi connectivity index (χ3n) is 2.31. The second-order valence-electron chi connectivity index (χ2n) is 3.24. The normalized spacial score (nSPS) is 14.1. The van der Waals surface area contributed by atoms with Gasteiger partial charge in [0.15, 0.2) is 5.11 Å². The summed E-state index contributed by atoms with van der Waals surface area (Å²) in [5, 5.41) is 4.72. The molecule has 0 fully saturated rings. The maximum atomic E-state index is 5.00. The number of benzene rings is 1.